The van der Waals surface area contributed by atoms with Crippen LogP contribution in [0.5, 0.6) is 0 Å². The summed E-state index contributed by atoms with van der Waals surface area (Å²) in [6.07, 6.45) is 1.42. The second kappa shape index (κ2) is 8.76. The third-order valence-corrected chi connectivity index (χ3v) is 5.74. The minimum Gasteiger partial charge on any atom is -0.348 e. The molecule has 0 aromatic heterocycles. The van der Waals surface area contributed by atoms with Gasteiger partial charge in [-0.2, -0.15) is 0 Å². The van der Waals surface area contributed by atoms with Crippen molar-refractivity contribution in [2.45, 2.75) is 39.3 Å². The van der Waals surface area contributed by atoms with Crippen LogP contribution in [0.1, 0.15) is 37.4 Å². The lowest BCUT2D eigenvalue weighted by molar-refractivity contribution is -0.122. The molecule has 1 amide bonds. The predicted molar refractivity (Wildman–Crippen MR) is 111 cm³/mol. The van der Waals surface area contributed by atoms with E-state index in [1.54, 1.807) is 31.2 Å². The largest absolute Gasteiger partial charge is 0.348 e. The van der Waals surface area contributed by atoms with E-state index in [9.17, 15) is 13.2 Å². The molecule has 0 saturated heterocycles. The zero-order valence-electron chi connectivity index (χ0n) is 15.9. The number of nitrogens with zero attached hydrogens (tertiary/aromatic N) is 1. The van der Waals surface area contributed by atoms with Crippen molar-refractivity contribution in [3.8, 4) is 0 Å². The van der Waals surface area contributed by atoms with Crippen LogP contribution in [-0.4, -0.2) is 26.6 Å². The molecule has 0 aliphatic carbocycles. The van der Waals surface area contributed by atoms with Gasteiger partial charge < -0.3 is 5.32 Å². The molecule has 0 unspecified atom stereocenters. The third kappa shape index (κ3) is 5.47. The number of aryl methyl sites for hydroxylation is 1. The second-order valence-electron chi connectivity index (χ2n) is 6.60. The standard InChI is InChI=1S/C20H25ClN2O3S/c1-5-19(20(24)22-15(3)16-11-9-14(2)10-12-16)23(27(4,25)26)18-8-6-7-17(21)13-18/h6-13,15,19H,5H2,1-4H3,(H,22,24)/t15-,19+/m0/s1. The van der Waals surface area contributed by atoms with Gasteiger partial charge in [-0.05, 0) is 44.0 Å². The smallest absolute Gasteiger partial charge is 0.244 e. The number of anilines is 1. The molecular formula is C20H25ClN2O3S. The first-order chi connectivity index (χ1) is 12.6. The van der Waals surface area contributed by atoms with E-state index < -0.39 is 16.1 Å². The Hall–Kier alpha value is -2.05. The monoisotopic (exact) mass is 408 g/mol. The van der Waals surface area contributed by atoms with Crippen LogP contribution >= 0.6 is 11.6 Å². The number of hydrogen-bond donors (Lipinski definition) is 1. The number of halogens is 1. The highest BCUT2D eigenvalue weighted by Crippen LogP contribution is 2.26. The van der Waals surface area contributed by atoms with E-state index in [4.69, 9.17) is 11.6 Å². The molecule has 2 atom stereocenters. The van der Waals surface area contributed by atoms with E-state index in [-0.39, 0.29) is 11.9 Å². The molecule has 0 radical (unpaired) electrons. The van der Waals surface area contributed by atoms with Crippen molar-refractivity contribution in [3.05, 3.63) is 64.7 Å². The van der Waals surface area contributed by atoms with Crippen LogP contribution in [0.25, 0.3) is 0 Å². The van der Waals surface area contributed by atoms with Gasteiger partial charge in [-0.25, -0.2) is 8.42 Å². The van der Waals surface area contributed by atoms with Crippen molar-refractivity contribution in [3.63, 3.8) is 0 Å². The molecule has 0 heterocycles. The van der Waals surface area contributed by atoms with Crippen molar-refractivity contribution in [1.29, 1.82) is 0 Å². The highest BCUT2D eigenvalue weighted by Gasteiger charge is 2.32. The maximum Gasteiger partial charge on any atom is 0.244 e. The molecule has 27 heavy (non-hydrogen) atoms. The zero-order valence-corrected chi connectivity index (χ0v) is 17.5. The molecule has 0 spiro atoms. The van der Waals surface area contributed by atoms with Crippen LogP contribution in [0.15, 0.2) is 48.5 Å². The fourth-order valence-corrected chi connectivity index (χ4v) is 4.31. The molecule has 2 aromatic carbocycles. The Balaban J connectivity index is 2.30. The van der Waals surface area contributed by atoms with Crippen molar-refractivity contribution in [2.75, 3.05) is 10.6 Å². The van der Waals surface area contributed by atoms with Crippen molar-refractivity contribution in [1.82, 2.24) is 5.32 Å². The van der Waals surface area contributed by atoms with Crippen LogP contribution in [0, 0.1) is 6.92 Å². The van der Waals surface area contributed by atoms with Crippen LogP contribution < -0.4 is 9.62 Å². The Kier molecular flexibility index (Phi) is 6.89. The Morgan fingerprint density at radius 2 is 1.81 bits per heavy atom. The van der Waals surface area contributed by atoms with E-state index >= 15 is 0 Å². The topological polar surface area (TPSA) is 66.5 Å². The molecule has 0 fully saturated rings. The van der Waals surface area contributed by atoms with Crippen LogP contribution in [0.3, 0.4) is 0 Å². The normalized spacial score (nSPS) is 13.7. The molecule has 0 saturated carbocycles. The lowest BCUT2D eigenvalue weighted by Crippen LogP contribution is -2.49. The summed E-state index contributed by atoms with van der Waals surface area (Å²) in [5.41, 5.74) is 2.46. The zero-order chi connectivity index (χ0) is 20.2. The van der Waals surface area contributed by atoms with E-state index in [1.165, 1.54) is 0 Å². The average Bonchev–Trinajstić information content (AvgIpc) is 2.58. The summed E-state index contributed by atoms with van der Waals surface area (Å²) in [7, 11) is -3.68. The first-order valence-electron chi connectivity index (χ1n) is 8.75. The van der Waals surface area contributed by atoms with E-state index in [1.807, 2.05) is 38.1 Å². The molecule has 7 heteroatoms. The Morgan fingerprint density at radius 1 is 1.19 bits per heavy atom. The van der Waals surface area contributed by atoms with Crippen molar-refractivity contribution in [2.24, 2.45) is 0 Å². The van der Waals surface area contributed by atoms with Crippen LogP contribution in [0.4, 0.5) is 5.69 Å². The summed E-state index contributed by atoms with van der Waals surface area (Å²) in [5, 5.41) is 3.33. The minimum atomic E-state index is -3.68. The summed E-state index contributed by atoms with van der Waals surface area (Å²) in [4.78, 5) is 12.9. The highest BCUT2D eigenvalue weighted by molar-refractivity contribution is 7.92. The van der Waals surface area contributed by atoms with Gasteiger partial charge in [0.05, 0.1) is 18.0 Å². The van der Waals surface area contributed by atoms with E-state index in [2.05, 4.69) is 5.32 Å². The SMILES string of the molecule is CC[C@H](C(=O)N[C@@H](C)c1ccc(C)cc1)N(c1cccc(Cl)c1)S(C)(=O)=O. The maximum absolute atomic E-state index is 12.9. The summed E-state index contributed by atoms with van der Waals surface area (Å²) >= 11 is 6.02. The minimum absolute atomic E-state index is 0.243. The molecule has 0 aliphatic rings. The Morgan fingerprint density at radius 3 is 2.33 bits per heavy atom. The highest BCUT2D eigenvalue weighted by atomic mass is 35.5. The number of amides is 1. The van der Waals surface area contributed by atoms with Gasteiger partial charge >= 0.3 is 0 Å². The number of carbonyl (C=O) groups is 1. The summed E-state index contributed by atoms with van der Waals surface area (Å²) in [6, 6.07) is 13.2. The van der Waals surface area contributed by atoms with Crippen LogP contribution in [0.2, 0.25) is 5.02 Å². The average molecular weight is 409 g/mol. The van der Waals surface area contributed by atoms with Gasteiger partial charge in [0.2, 0.25) is 15.9 Å². The number of nitrogens with one attached hydrogen (secondary N) is 1. The molecule has 1 N–H and O–H groups in total. The van der Waals surface area contributed by atoms with Gasteiger partial charge in [0.25, 0.3) is 0 Å². The summed E-state index contributed by atoms with van der Waals surface area (Å²) < 4.78 is 26.0. The van der Waals surface area contributed by atoms with Crippen LogP contribution in [-0.2, 0) is 14.8 Å². The van der Waals surface area contributed by atoms with Gasteiger partial charge in [-0.3, -0.25) is 9.10 Å². The molecule has 2 rings (SSSR count). The molecule has 5 nitrogen and oxygen atoms in total. The van der Waals surface area contributed by atoms with Gasteiger partial charge in [-0.15, -0.1) is 0 Å². The van der Waals surface area contributed by atoms with Gasteiger partial charge in [0, 0.05) is 5.02 Å². The maximum atomic E-state index is 12.9. The second-order valence-corrected chi connectivity index (χ2v) is 8.90. The summed E-state index contributed by atoms with van der Waals surface area (Å²) in [5.74, 6) is -0.351. The quantitative estimate of drug-likeness (QED) is 0.750. The Labute approximate surface area is 166 Å². The molecule has 146 valence electrons. The third-order valence-electron chi connectivity index (χ3n) is 4.33. The van der Waals surface area contributed by atoms with Crippen molar-refractivity contribution < 1.29 is 13.2 Å². The fraction of sp³-hybridized carbons (Fsp3) is 0.350. The first-order valence-corrected chi connectivity index (χ1v) is 11.0. The number of benzene rings is 2. The van der Waals surface area contributed by atoms with Gasteiger partial charge in [-0.1, -0.05) is 54.4 Å². The molecular weight excluding hydrogens is 384 g/mol. The molecule has 0 bridgehead atoms. The molecule has 0 aliphatic heterocycles. The lowest BCUT2D eigenvalue weighted by Gasteiger charge is -2.31. The predicted octanol–water partition coefficient (Wildman–Crippen LogP) is 4.07. The number of carbonyl (C=O) groups excluding carboxylic acids is 1. The fourth-order valence-electron chi connectivity index (χ4n) is 2.92. The first kappa shape index (κ1) is 21.3. The van der Waals surface area contributed by atoms with Gasteiger partial charge in [0.1, 0.15) is 6.04 Å². The number of sulfonamides is 1. The van der Waals surface area contributed by atoms with Crippen molar-refractivity contribution >= 4 is 33.2 Å². The summed E-state index contributed by atoms with van der Waals surface area (Å²) in [6.45, 7) is 5.65. The number of hydrogen-bond acceptors (Lipinski definition) is 3. The lowest BCUT2D eigenvalue weighted by atomic mass is 10.1. The Bertz CT molecular complexity index is 898. The van der Waals surface area contributed by atoms with E-state index in [0.717, 1.165) is 21.7 Å². The van der Waals surface area contributed by atoms with Gasteiger partial charge in [0.15, 0.2) is 0 Å². The van der Waals surface area contributed by atoms with E-state index in [0.29, 0.717) is 17.1 Å². The molecule has 2 aromatic rings. The number of rotatable bonds is 7.